The number of hydrogen-bond donors (Lipinski definition) is 2. The summed E-state index contributed by atoms with van der Waals surface area (Å²) in [5.74, 6) is 0. The number of likely N-dealkylation sites (N-methyl/N-ethyl adjacent to an activating group) is 1. The van der Waals surface area contributed by atoms with Gasteiger partial charge in [0.1, 0.15) is 0 Å². The van der Waals surface area contributed by atoms with Crippen LogP contribution in [0.1, 0.15) is 62.8 Å². The van der Waals surface area contributed by atoms with E-state index in [1.807, 2.05) is 0 Å². The van der Waals surface area contributed by atoms with E-state index in [9.17, 15) is 0 Å². The van der Waals surface area contributed by atoms with E-state index >= 15 is 0 Å². The van der Waals surface area contributed by atoms with Crippen LogP contribution in [-0.4, -0.2) is 63.6 Å². The zero-order valence-electron chi connectivity index (χ0n) is 23.1. The molecule has 4 nitrogen and oxygen atoms in total. The molecule has 0 fully saturated rings. The molecule has 0 aliphatic carbocycles. The number of aryl methyl sites for hydroxylation is 2. The van der Waals surface area contributed by atoms with Gasteiger partial charge in [-0.05, 0) is 68.8 Å². The van der Waals surface area contributed by atoms with E-state index in [4.69, 9.17) is 9.84 Å². The average molecular weight is 471 g/mol. The summed E-state index contributed by atoms with van der Waals surface area (Å²) in [4.78, 5) is 2.18. The second kappa shape index (κ2) is 15.3. The summed E-state index contributed by atoms with van der Waals surface area (Å²) in [7, 11) is 3.79. The summed E-state index contributed by atoms with van der Waals surface area (Å²) in [5.41, 5.74) is 5.85. The fourth-order valence-corrected chi connectivity index (χ4v) is 3.75. The smallest absolute Gasteiger partial charge is 0.0587 e. The predicted octanol–water partition coefficient (Wildman–Crippen LogP) is 5.49. The van der Waals surface area contributed by atoms with Crippen LogP contribution in [0.25, 0.3) is 0 Å². The molecule has 0 heterocycles. The fourth-order valence-electron chi connectivity index (χ4n) is 3.75. The molecule has 4 heteroatoms. The SMILES string of the molecule is COCCNCCC(C)(C)c1ccc(C)cc1.Cc1ccc(C(C)(C)CCN(C)CCO)cc1. The Morgan fingerprint density at radius 2 is 1.24 bits per heavy atom. The van der Waals surface area contributed by atoms with Crippen molar-refractivity contribution in [2.45, 2.75) is 65.2 Å². The van der Waals surface area contributed by atoms with Crippen LogP contribution in [0.5, 0.6) is 0 Å². The normalized spacial score (nSPS) is 11.9. The molecule has 2 aromatic carbocycles. The monoisotopic (exact) mass is 470 g/mol. The maximum absolute atomic E-state index is 8.87. The minimum atomic E-state index is 0.192. The molecule has 0 aliphatic rings. The third-order valence-electron chi connectivity index (χ3n) is 6.68. The first kappa shape index (κ1) is 30.3. The molecular formula is C30H50N2O2. The molecule has 0 aliphatic heterocycles. The number of aliphatic hydroxyl groups excluding tert-OH is 1. The lowest BCUT2D eigenvalue weighted by atomic mass is 9.81. The minimum absolute atomic E-state index is 0.192. The molecule has 0 aromatic heterocycles. The molecule has 2 aromatic rings. The van der Waals surface area contributed by atoms with Crippen molar-refractivity contribution in [3.05, 3.63) is 70.8 Å². The Kier molecular flexibility index (Phi) is 13.6. The van der Waals surface area contributed by atoms with Gasteiger partial charge in [-0.2, -0.15) is 0 Å². The van der Waals surface area contributed by atoms with Crippen LogP contribution in [0.3, 0.4) is 0 Å². The Balaban J connectivity index is 0.000000340. The van der Waals surface area contributed by atoms with Crippen LogP contribution in [0, 0.1) is 13.8 Å². The number of benzene rings is 2. The van der Waals surface area contributed by atoms with E-state index in [1.54, 1.807) is 7.11 Å². The van der Waals surface area contributed by atoms with E-state index in [-0.39, 0.29) is 17.4 Å². The van der Waals surface area contributed by atoms with Crippen molar-refractivity contribution in [3.8, 4) is 0 Å². The van der Waals surface area contributed by atoms with Crippen LogP contribution in [-0.2, 0) is 15.6 Å². The van der Waals surface area contributed by atoms with Crippen LogP contribution in [0.15, 0.2) is 48.5 Å². The van der Waals surface area contributed by atoms with Gasteiger partial charge < -0.3 is 20.1 Å². The van der Waals surface area contributed by atoms with Gasteiger partial charge in [0, 0.05) is 20.2 Å². The van der Waals surface area contributed by atoms with Crippen molar-refractivity contribution in [3.63, 3.8) is 0 Å². The van der Waals surface area contributed by atoms with Crippen molar-refractivity contribution in [1.82, 2.24) is 10.2 Å². The van der Waals surface area contributed by atoms with Crippen LogP contribution >= 0.6 is 0 Å². The van der Waals surface area contributed by atoms with E-state index in [2.05, 4.69) is 107 Å². The molecule has 0 saturated carbocycles. The highest BCUT2D eigenvalue weighted by Gasteiger charge is 2.21. The number of nitrogens with zero attached hydrogens (tertiary/aromatic N) is 1. The molecule has 0 radical (unpaired) electrons. The van der Waals surface area contributed by atoms with Crippen molar-refractivity contribution in [2.24, 2.45) is 0 Å². The molecule has 2 rings (SSSR count). The van der Waals surface area contributed by atoms with Crippen molar-refractivity contribution >= 4 is 0 Å². The molecule has 2 N–H and O–H groups in total. The largest absolute Gasteiger partial charge is 0.395 e. The van der Waals surface area contributed by atoms with Crippen LogP contribution in [0.2, 0.25) is 0 Å². The maximum Gasteiger partial charge on any atom is 0.0587 e. The molecule has 0 amide bonds. The Morgan fingerprint density at radius 3 is 1.68 bits per heavy atom. The summed E-state index contributed by atoms with van der Waals surface area (Å²) in [6.45, 7) is 18.2. The number of rotatable bonds is 13. The lowest BCUT2D eigenvalue weighted by Gasteiger charge is -2.28. The lowest BCUT2D eigenvalue weighted by molar-refractivity contribution is 0.198. The Labute approximate surface area is 209 Å². The first-order valence-electron chi connectivity index (χ1n) is 12.6. The fraction of sp³-hybridized carbons (Fsp3) is 0.600. The van der Waals surface area contributed by atoms with Crippen LogP contribution in [0.4, 0.5) is 0 Å². The molecule has 192 valence electrons. The Hall–Kier alpha value is -1.72. The zero-order valence-corrected chi connectivity index (χ0v) is 23.1. The second-order valence-corrected chi connectivity index (χ2v) is 10.8. The highest BCUT2D eigenvalue weighted by atomic mass is 16.5. The van der Waals surface area contributed by atoms with Crippen molar-refractivity contribution < 1.29 is 9.84 Å². The zero-order chi connectivity index (χ0) is 25.6. The van der Waals surface area contributed by atoms with Gasteiger partial charge in [-0.25, -0.2) is 0 Å². The van der Waals surface area contributed by atoms with Gasteiger partial charge in [0.05, 0.1) is 13.2 Å². The van der Waals surface area contributed by atoms with Crippen LogP contribution < -0.4 is 5.32 Å². The maximum atomic E-state index is 8.87. The van der Waals surface area contributed by atoms with E-state index in [1.165, 1.54) is 22.3 Å². The Morgan fingerprint density at radius 1 is 0.765 bits per heavy atom. The third kappa shape index (κ3) is 11.6. The van der Waals surface area contributed by atoms with Gasteiger partial charge in [-0.3, -0.25) is 0 Å². The third-order valence-corrected chi connectivity index (χ3v) is 6.68. The van der Waals surface area contributed by atoms with Gasteiger partial charge in [-0.1, -0.05) is 87.4 Å². The second-order valence-electron chi connectivity index (χ2n) is 10.8. The van der Waals surface area contributed by atoms with Crippen molar-refractivity contribution in [1.29, 1.82) is 0 Å². The molecule has 34 heavy (non-hydrogen) atoms. The minimum Gasteiger partial charge on any atom is -0.395 e. The summed E-state index contributed by atoms with van der Waals surface area (Å²) in [5, 5.41) is 12.3. The first-order chi connectivity index (χ1) is 16.0. The molecular weight excluding hydrogens is 420 g/mol. The molecule has 0 bridgehead atoms. The topological polar surface area (TPSA) is 44.7 Å². The van der Waals surface area contributed by atoms with E-state index in [0.29, 0.717) is 0 Å². The first-order valence-corrected chi connectivity index (χ1v) is 12.6. The highest BCUT2D eigenvalue weighted by Crippen LogP contribution is 2.28. The molecule has 0 atom stereocenters. The number of hydrogen-bond acceptors (Lipinski definition) is 4. The number of aliphatic hydroxyl groups is 1. The number of ether oxygens (including phenoxy) is 1. The molecule has 0 saturated heterocycles. The van der Waals surface area contributed by atoms with Crippen molar-refractivity contribution in [2.75, 3.05) is 53.6 Å². The summed E-state index contributed by atoms with van der Waals surface area (Å²) >= 11 is 0. The van der Waals surface area contributed by atoms with Gasteiger partial charge in [0.15, 0.2) is 0 Å². The van der Waals surface area contributed by atoms with Gasteiger partial charge >= 0.3 is 0 Å². The standard InChI is InChI=1S/2C15H25NO/c1-13-5-7-14(8-6-13)15(2,3)9-10-16-11-12-17-4;1-13-5-7-14(8-6-13)15(2,3)9-10-16(4)11-12-17/h5-8,16H,9-12H2,1-4H3;5-8,17H,9-12H2,1-4H3. The summed E-state index contributed by atoms with van der Waals surface area (Å²) in [6.07, 6.45) is 2.24. The van der Waals surface area contributed by atoms with E-state index < -0.39 is 0 Å². The predicted molar refractivity (Wildman–Crippen MR) is 147 cm³/mol. The van der Waals surface area contributed by atoms with Gasteiger partial charge in [0.25, 0.3) is 0 Å². The van der Waals surface area contributed by atoms with Gasteiger partial charge in [0.2, 0.25) is 0 Å². The number of nitrogens with one attached hydrogen (secondary N) is 1. The van der Waals surface area contributed by atoms with E-state index in [0.717, 1.165) is 45.6 Å². The van der Waals surface area contributed by atoms with Gasteiger partial charge in [-0.15, -0.1) is 0 Å². The summed E-state index contributed by atoms with van der Waals surface area (Å²) < 4.78 is 5.01. The number of methoxy groups -OCH3 is 1. The lowest BCUT2D eigenvalue weighted by Crippen LogP contribution is -2.29. The molecule has 0 spiro atoms. The highest BCUT2D eigenvalue weighted by molar-refractivity contribution is 5.28. The Bertz CT molecular complexity index is 782. The summed E-state index contributed by atoms with van der Waals surface area (Å²) in [6, 6.07) is 17.7. The quantitative estimate of drug-likeness (QED) is 0.380. The molecule has 0 unspecified atom stereocenters. The average Bonchev–Trinajstić information content (AvgIpc) is 2.79.